The second kappa shape index (κ2) is 10.4. The molecular formula is C21H23BrFN3O3. The van der Waals surface area contributed by atoms with Gasteiger partial charge in [0.15, 0.2) is 6.61 Å². The van der Waals surface area contributed by atoms with Gasteiger partial charge in [0.1, 0.15) is 11.6 Å². The predicted octanol–water partition coefficient (Wildman–Crippen LogP) is 2.43. The molecule has 2 aromatic rings. The van der Waals surface area contributed by atoms with Crippen LogP contribution in [0.2, 0.25) is 0 Å². The van der Waals surface area contributed by atoms with Gasteiger partial charge >= 0.3 is 0 Å². The van der Waals surface area contributed by atoms with E-state index in [9.17, 15) is 14.0 Å². The Bertz CT molecular complexity index is 842. The van der Waals surface area contributed by atoms with Crippen molar-refractivity contribution in [2.75, 3.05) is 39.3 Å². The topological polar surface area (TPSA) is 61.9 Å². The molecule has 0 aliphatic carbocycles. The molecule has 2 amide bonds. The largest absolute Gasteiger partial charge is 0.483 e. The summed E-state index contributed by atoms with van der Waals surface area (Å²) in [6.45, 7) is 3.05. The number of halogens is 2. The number of rotatable bonds is 7. The highest BCUT2D eigenvalue weighted by Crippen LogP contribution is 2.25. The van der Waals surface area contributed by atoms with Gasteiger partial charge < -0.3 is 15.0 Å². The first-order chi connectivity index (χ1) is 14.0. The van der Waals surface area contributed by atoms with E-state index in [0.29, 0.717) is 49.5 Å². The zero-order valence-electron chi connectivity index (χ0n) is 15.9. The second-order valence-electron chi connectivity index (χ2n) is 6.78. The zero-order chi connectivity index (χ0) is 20.6. The minimum Gasteiger partial charge on any atom is -0.483 e. The van der Waals surface area contributed by atoms with Crippen LogP contribution in [-0.2, 0) is 16.1 Å². The number of carbonyl (C=O) groups is 2. The number of piperazine rings is 1. The van der Waals surface area contributed by atoms with Gasteiger partial charge in [-0.15, -0.1) is 0 Å². The van der Waals surface area contributed by atoms with Crippen molar-refractivity contribution in [2.24, 2.45) is 0 Å². The van der Waals surface area contributed by atoms with Crippen molar-refractivity contribution in [2.45, 2.75) is 6.54 Å². The summed E-state index contributed by atoms with van der Waals surface area (Å²) in [5.41, 5.74) is 1.06. The highest BCUT2D eigenvalue weighted by Gasteiger charge is 2.22. The lowest BCUT2D eigenvalue weighted by Gasteiger charge is -2.34. The number of nitrogens with zero attached hydrogens (tertiary/aromatic N) is 2. The molecule has 3 rings (SSSR count). The summed E-state index contributed by atoms with van der Waals surface area (Å²) < 4.78 is 19.1. The van der Waals surface area contributed by atoms with E-state index in [-0.39, 0.29) is 24.2 Å². The number of hydrogen-bond acceptors (Lipinski definition) is 4. The zero-order valence-corrected chi connectivity index (χ0v) is 17.5. The lowest BCUT2D eigenvalue weighted by atomic mass is 10.2. The molecule has 154 valence electrons. The number of benzene rings is 2. The van der Waals surface area contributed by atoms with Crippen molar-refractivity contribution in [3.63, 3.8) is 0 Å². The summed E-state index contributed by atoms with van der Waals surface area (Å²) >= 11 is 3.22. The number of nitrogens with one attached hydrogen (secondary N) is 1. The minimum absolute atomic E-state index is 0.0295. The predicted molar refractivity (Wildman–Crippen MR) is 111 cm³/mol. The summed E-state index contributed by atoms with van der Waals surface area (Å²) in [4.78, 5) is 28.2. The van der Waals surface area contributed by atoms with Crippen LogP contribution in [-0.4, -0.2) is 60.9 Å². The quantitative estimate of drug-likeness (QED) is 0.684. The van der Waals surface area contributed by atoms with E-state index in [0.717, 1.165) is 5.56 Å². The average Bonchev–Trinajstić information content (AvgIpc) is 2.73. The van der Waals surface area contributed by atoms with Crippen molar-refractivity contribution in [1.29, 1.82) is 0 Å². The molecule has 0 saturated carbocycles. The summed E-state index contributed by atoms with van der Waals surface area (Å²) in [5, 5.41) is 2.92. The Hall–Kier alpha value is -2.45. The van der Waals surface area contributed by atoms with Gasteiger partial charge in [0, 0.05) is 32.7 Å². The highest BCUT2D eigenvalue weighted by atomic mass is 79.9. The summed E-state index contributed by atoms with van der Waals surface area (Å²) in [7, 11) is 0. The van der Waals surface area contributed by atoms with Crippen LogP contribution < -0.4 is 10.1 Å². The third kappa shape index (κ3) is 6.54. The molecule has 1 saturated heterocycles. The van der Waals surface area contributed by atoms with Crippen LogP contribution in [0.15, 0.2) is 53.0 Å². The Kier molecular flexibility index (Phi) is 7.60. The SMILES string of the molecule is O=C(CN1CCN(C(=O)COc2ccc(F)cc2Br)CC1)NCc1ccccc1. The monoisotopic (exact) mass is 463 g/mol. The van der Waals surface area contributed by atoms with Crippen LogP contribution in [0.25, 0.3) is 0 Å². The van der Waals surface area contributed by atoms with Crippen LogP contribution in [0.3, 0.4) is 0 Å². The smallest absolute Gasteiger partial charge is 0.260 e. The molecule has 0 unspecified atom stereocenters. The van der Waals surface area contributed by atoms with E-state index in [1.54, 1.807) is 4.90 Å². The molecule has 0 aromatic heterocycles. The van der Waals surface area contributed by atoms with Crippen molar-refractivity contribution < 1.29 is 18.7 Å². The Morgan fingerprint density at radius 3 is 2.48 bits per heavy atom. The molecule has 1 N–H and O–H groups in total. The molecule has 1 aliphatic heterocycles. The maximum absolute atomic E-state index is 13.1. The van der Waals surface area contributed by atoms with Crippen LogP contribution >= 0.6 is 15.9 Å². The molecule has 8 heteroatoms. The van der Waals surface area contributed by atoms with E-state index in [1.165, 1.54) is 18.2 Å². The van der Waals surface area contributed by atoms with Crippen LogP contribution in [0.1, 0.15) is 5.56 Å². The Labute approximate surface area is 177 Å². The molecular weight excluding hydrogens is 441 g/mol. The summed E-state index contributed by atoms with van der Waals surface area (Å²) in [5.74, 6) is -0.111. The van der Waals surface area contributed by atoms with E-state index < -0.39 is 0 Å². The van der Waals surface area contributed by atoms with Gasteiger partial charge in [-0.2, -0.15) is 0 Å². The number of hydrogen-bond donors (Lipinski definition) is 1. The highest BCUT2D eigenvalue weighted by molar-refractivity contribution is 9.10. The first kappa shape index (κ1) is 21.3. The first-order valence-electron chi connectivity index (χ1n) is 9.40. The van der Waals surface area contributed by atoms with Crippen LogP contribution in [0.4, 0.5) is 4.39 Å². The molecule has 1 heterocycles. The molecule has 0 radical (unpaired) electrons. The molecule has 29 heavy (non-hydrogen) atoms. The van der Waals surface area contributed by atoms with Crippen molar-refractivity contribution in [1.82, 2.24) is 15.1 Å². The second-order valence-corrected chi connectivity index (χ2v) is 7.64. The molecule has 0 atom stereocenters. The van der Waals surface area contributed by atoms with Gasteiger partial charge in [-0.3, -0.25) is 14.5 Å². The van der Waals surface area contributed by atoms with Crippen LogP contribution in [0.5, 0.6) is 5.75 Å². The average molecular weight is 464 g/mol. The molecule has 1 fully saturated rings. The van der Waals surface area contributed by atoms with E-state index in [4.69, 9.17) is 4.74 Å². The molecule has 2 aromatic carbocycles. The fourth-order valence-electron chi connectivity index (χ4n) is 3.03. The first-order valence-corrected chi connectivity index (χ1v) is 10.2. The third-order valence-electron chi connectivity index (χ3n) is 4.67. The van der Waals surface area contributed by atoms with Gasteiger partial charge in [0.25, 0.3) is 5.91 Å². The lowest BCUT2D eigenvalue weighted by Crippen LogP contribution is -2.52. The Balaban J connectivity index is 1.37. The van der Waals surface area contributed by atoms with Crippen molar-refractivity contribution in [3.05, 3.63) is 64.4 Å². The lowest BCUT2D eigenvalue weighted by molar-refractivity contribution is -0.135. The van der Waals surface area contributed by atoms with E-state index in [2.05, 4.69) is 21.2 Å². The molecule has 0 spiro atoms. The van der Waals surface area contributed by atoms with E-state index in [1.807, 2.05) is 35.2 Å². The summed E-state index contributed by atoms with van der Waals surface area (Å²) in [6.07, 6.45) is 0. The normalized spacial score (nSPS) is 14.5. The molecule has 0 bridgehead atoms. The van der Waals surface area contributed by atoms with Crippen molar-refractivity contribution >= 4 is 27.7 Å². The number of amides is 2. The molecule has 6 nitrogen and oxygen atoms in total. The van der Waals surface area contributed by atoms with Gasteiger partial charge in [-0.05, 0) is 39.7 Å². The third-order valence-corrected chi connectivity index (χ3v) is 5.29. The van der Waals surface area contributed by atoms with Gasteiger partial charge in [0.2, 0.25) is 5.91 Å². The Morgan fingerprint density at radius 1 is 1.07 bits per heavy atom. The fraction of sp³-hybridized carbons (Fsp3) is 0.333. The number of ether oxygens (including phenoxy) is 1. The van der Waals surface area contributed by atoms with Gasteiger partial charge in [-0.25, -0.2) is 4.39 Å². The summed E-state index contributed by atoms with van der Waals surface area (Å²) in [6, 6.07) is 13.8. The van der Waals surface area contributed by atoms with Gasteiger partial charge in [-0.1, -0.05) is 30.3 Å². The number of carbonyl (C=O) groups excluding carboxylic acids is 2. The molecule has 1 aliphatic rings. The standard InChI is InChI=1S/C21H23BrFN3O3/c22-18-12-17(23)6-7-19(18)29-15-21(28)26-10-8-25(9-11-26)14-20(27)24-13-16-4-2-1-3-5-16/h1-7,12H,8-11,13-15H2,(H,24,27). The Morgan fingerprint density at radius 2 is 1.79 bits per heavy atom. The maximum Gasteiger partial charge on any atom is 0.260 e. The maximum atomic E-state index is 13.1. The van der Waals surface area contributed by atoms with Gasteiger partial charge in [0.05, 0.1) is 11.0 Å². The van der Waals surface area contributed by atoms with E-state index >= 15 is 0 Å². The minimum atomic E-state index is -0.375. The fourth-order valence-corrected chi connectivity index (χ4v) is 3.50. The van der Waals surface area contributed by atoms with Crippen molar-refractivity contribution in [3.8, 4) is 5.75 Å². The van der Waals surface area contributed by atoms with Crippen LogP contribution in [0, 0.1) is 5.82 Å².